The van der Waals surface area contributed by atoms with Crippen LogP contribution in [0.1, 0.15) is 22.8 Å². The second kappa shape index (κ2) is 10.5. The second-order valence-corrected chi connectivity index (χ2v) is 5.72. The van der Waals surface area contributed by atoms with Crippen LogP contribution < -0.4 is 10.6 Å². The van der Waals surface area contributed by atoms with Gasteiger partial charge in [-0.05, 0) is 49.2 Å². The molecule has 6 nitrogen and oxygen atoms in total. The van der Waals surface area contributed by atoms with Gasteiger partial charge in [-0.1, -0.05) is 18.2 Å². The van der Waals surface area contributed by atoms with Gasteiger partial charge in [0.1, 0.15) is 17.5 Å². The Morgan fingerprint density at radius 3 is 2.54 bits per heavy atom. The van der Waals surface area contributed by atoms with Crippen molar-refractivity contribution in [3.05, 3.63) is 77.2 Å². The van der Waals surface area contributed by atoms with Crippen molar-refractivity contribution in [2.75, 3.05) is 18.5 Å². The van der Waals surface area contributed by atoms with Crippen molar-refractivity contribution in [1.29, 1.82) is 5.26 Å². The fourth-order valence-electron chi connectivity index (χ4n) is 2.33. The molecule has 0 spiro atoms. The smallest absolute Gasteiger partial charge is 0.338 e. The Bertz CT molecular complexity index is 902. The van der Waals surface area contributed by atoms with Gasteiger partial charge in [0.25, 0.3) is 5.91 Å². The standard InChI is InChI=1S/C21H20FN3O3/c1-2-28-21(27)16-7-9-18(10-8-16)25-20(26)17(13-23)14-24-12-11-15-5-3-4-6-19(15)22/h3-10,14,24H,2,11-12H2,1H3,(H,25,26)/b17-14-. The predicted octanol–water partition coefficient (Wildman–Crippen LogP) is 3.18. The molecule has 28 heavy (non-hydrogen) atoms. The topological polar surface area (TPSA) is 91.2 Å². The first-order valence-electron chi connectivity index (χ1n) is 8.70. The van der Waals surface area contributed by atoms with E-state index in [2.05, 4.69) is 10.6 Å². The first-order valence-corrected chi connectivity index (χ1v) is 8.70. The highest BCUT2D eigenvalue weighted by atomic mass is 19.1. The van der Waals surface area contributed by atoms with Crippen LogP contribution in [0.2, 0.25) is 0 Å². The van der Waals surface area contributed by atoms with Crippen LogP contribution in [-0.2, 0) is 16.0 Å². The summed E-state index contributed by atoms with van der Waals surface area (Å²) in [6.07, 6.45) is 1.71. The number of nitrogens with one attached hydrogen (secondary N) is 2. The van der Waals surface area contributed by atoms with Crippen LogP contribution in [0.3, 0.4) is 0 Å². The number of benzene rings is 2. The average Bonchev–Trinajstić information content (AvgIpc) is 2.70. The maximum Gasteiger partial charge on any atom is 0.338 e. The molecule has 0 unspecified atom stereocenters. The Morgan fingerprint density at radius 2 is 1.89 bits per heavy atom. The number of nitrogens with zero attached hydrogens (tertiary/aromatic N) is 1. The normalized spacial score (nSPS) is 10.7. The third-order valence-electron chi connectivity index (χ3n) is 3.76. The average molecular weight is 381 g/mol. The Labute approximate surface area is 162 Å². The first-order chi connectivity index (χ1) is 13.5. The van der Waals surface area contributed by atoms with Crippen LogP contribution in [0, 0.1) is 17.1 Å². The number of carbonyl (C=O) groups excluding carboxylic acids is 2. The summed E-state index contributed by atoms with van der Waals surface area (Å²) in [4.78, 5) is 23.8. The van der Waals surface area contributed by atoms with E-state index < -0.39 is 11.9 Å². The highest BCUT2D eigenvalue weighted by molar-refractivity contribution is 6.06. The van der Waals surface area contributed by atoms with Crippen molar-refractivity contribution >= 4 is 17.6 Å². The number of halogens is 1. The van der Waals surface area contributed by atoms with E-state index in [-0.39, 0.29) is 18.0 Å². The predicted molar refractivity (Wildman–Crippen MR) is 103 cm³/mol. The summed E-state index contributed by atoms with van der Waals surface area (Å²) >= 11 is 0. The monoisotopic (exact) mass is 381 g/mol. The zero-order valence-corrected chi connectivity index (χ0v) is 15.4. The van der Waals surface area contributed by atoms with Crippen LogP contribution in [-0.4, -0.2) is 25.0 Å². The number of hydrogen-bond donors (Lipinski definition) is 2. The van der Waals surface area contributed by atoms with Gasteiger partial charge in [-0.15, -0.1) is 0 Å². The Kier molecular flexibility index (Phi) is 7.73. The molecular formula is C21H20FN3O3. The van der Waals surface area contributed by atoms with E-state index in [1.54, 1.807) is 37.3 Å². The van der Waals surface area contributed by atoms with Gasteiger partial charge in [0.05, 0.1) is 12.2 Å². The number of hydrogen-bond acceptors (Lipinski definition) is 5. The summed E-state index contributed by atoms with van der Waals surface area (Å²) in [5, 5.41) is 14.6. The summed E-state index contributed by atoms with van der Waals surface area (Å²) in [6.45, 7) is 2.36. The molecule has 0 bridgehead atoms. The first kappa shape index (κ1) is 20.6. The highest BCUT2D eigenvalue weighted by Crippen LogP contribution is 2.12. The number of esters is 1. The zero-order valence-electron chi connectivity index (χ0n) is 15.4. The number of ether oxygens (including phenoxy) is 1. The van der Waals surface area contributed by atoms with Gasteiger partial charge in [-0.25, -0.2) is 9.18 Å². The summed E-state index contributed by atoms with van der Waals surface area (Å²) in [5.41, 5.74) is 1.23. The lowest BCUT2D eigenvalue weighted by Crippen LogP contribution is -2.18. The van der Waals surface area contributed by atoms with Gasteiger partial charge in [0.2, 0.25) is 0 Å². The molecule has 0 aromatic heterocycles. The molecule has 0 aliphatic rings. The van der Waals surface area contributed by atoms with E-state index in [4.69, 9.17) is 4.74 Å². The highest BCUT2D eigenvalue weighted by Gasteiger charge is 2.11. The number of anilines is 1. The molecule has 0 fully saturated rings. The summed E-state index contributed by atoms with van der Waals surface area (Å²) < 4.78 is 18.4. The quantitative estimate of drug-likeness (QED) is 0.317. The van der Waals surface area contributed by atoms with Crippen LogP contribution in [0.5, 0.6) is 0 Å². The number of amides is 1. The van der Waals surface area contributed by atoms with Crippen molar-refractivity contribution in [3.8, 4) is 6.07 Å². The molecule has 2 rings (SSSR count). The minimum absolute atomic E-state index is 0.122. The van der Waals surface area contributed by atoms with E-state index in [0.29, 0.717) is 29.8 Å². The SMILES string of the molecule is CCOC(=O)c1ccc(NC(=O)/C(C#N)=C\NCCc2ccccc2F)cc1. The maximum atomic E-state index is 13.5. The fraction of sp³-hybridized carbons (Fsp3) is 0.190. The van der Waals surface area contributed by atoms with Gasteiger partial charge in [-0.3, -0.25) is 4.79 Å². The van der Waals surface area contributed by atoms with Gasteiger partial charge in [-0.2, -0.15) is 5.26 Å². The van der Waals surface area contributed by atoms with Crippen molar-refractivity contribution in [3.63, 3.8) is 0 Å². The van der Waals surface area contributed by atoms with Gasteiger partial charge in [0.15, 0.2) is 0 Å². The van der Waals surface area contributed by atoms with Crippen LogP contribution in [0.15, 0.2) is 60.3 Å². The molecule has 0 saturated carbocycles. The van der Waals surface area contributed by atoms with Crippen LogP contribution in [0.25, 0.3) is 0 Å². The Hall–Kier alpha value is -3.66. The molecule has 2 N–H and O–H groups in total. The van der Waals surface area contributed by atoms with E-state index in [0.717, 1.165) is 0 Å². The lowest BCUT2D eigenvalue weighted by atomic mass is 10.1. The molecule has 144 valence electrons. The molecule has 0 radical (unpaired) electrons. The van der Waals surface area contributed by atoms with E-state index in [1.807, 2.05) is 6.07 Å². The van der Waals surface area contributed by atoms with Gasteiger partial charge >= 0.3 is 5.97 Å². The van der Waals surface area contributed by atoms with Crippen LogP contribution >= 0.6 is 0 Å². The van der Waals surface area contributed by atoms with Crippen molar-refractivity contribution in [2.45, 2.75) is 13.3 Å². The van der Waals surface area contributed by atoms with E-state index in [9.17, 15) is 19.2 Å². The fourth-order valence-corrected chi connectivity index (χ4v) is 2.33. The molecule has 0 aliphatic carbocycles. The molecule has 1 amide bonds. The largest absolute Gasteiger partial charge is 0.462 e. The lowest BCUT2D eigenvalue weighted by molar-refractivity contribution is -0.112. The summed E-state index contributed by atoms with van der Waals surface area (Å²) in [5.74, 6) is -1.33. The molecule has 2 aromatic rings. The molecule has 0 heterocycles. The van der Waals surface area contributed by atoms with Gasteiger partial charge < -0.3 is 15.4 Å². The van der Waals surface area contributed by atoms with Crippen molar-refractivity contribution in [2.24, 2.45) is 0 Å². The number of rotatable bonds is 8. The molecule has 7 heteroatoms. The van der Waals surface area contributed by atoms with Crippen LogP contribution in [0.4, 0.5) is 10.1 Å². The number of carbonyl (C=O) groups is 2. The number of nitriles is 1. The van der Waals surface area contributed by atoms with E-state index in [1.165, 1.54) is 24.4 Å². The molecule has 2 aromatic carbocycles. The molecule has 0 saturated heterocycles. The second-order valence-electron chi connectivity index (χ2n) is 5.72. The Balaban J connectivity index is 1.90. The minimum atomic E-state index is -0.593. The molecular weight excluding hydrogens is 361 g/mol. The molecule has 0 atom stereocenters. The minimum Gasteiger partial charge on any atom is -0.462 e. The third kappa shape index (κ3) is 5.95. The third-order valence-corrected chi connectivity index (χ3v) is 3.76. The maximum absolute atomic E-state index is 13.5. The summed E-state index contributed by atoms with van der Waals surface area (Å²) in [7, 11) is 0. The summed E-state index contributed by atoms with van der Waals surface area (Å²) in [6, 6.07) is 14.4. The van der Waals surface area contributed by atoms with Gasteiger partial charge in [0, 0.05) is 18.4 Å². The molecule has 0 aliphatic heterocycles. The zero-order chi connectivity index (χ0) is 20.4. The van der Waals surface area contributed by atoms with E-state index >= 15 is 0 Å². The lowest BCUT2D eigenvalue weighted by Gasteiger charge is -2.07. The Morgan fingerprint density at radius 1 is 1.18 bits per heavy atom. The van der Waals surface area contributed by atoms with Crippen molar-refractivity contribution < 1.29 is 18.7 Å². The van der Waals surface area contributed by atoms with Crippen molar-refractivity contribution in [1.82, 2.24) is 5.32 Å².